The third kappa shape index (κ3) is 2.16. The third-order valence-electron chi connectivity index (χ3n) is 3.38. The molecule has 3 heterocycles. The molecule has 0 radical (unpaired) electrons. The van der Waals surface area contributed by atoms with Crippen molar-refractivity contribution in [1.82, 2.24) is 15.3 Å². The Morgan fingerprint density at radius 2 is 2.11 bits per heavy atom. The molecule has 0 bridgehead atoms. The van der Waals surface area contributed by atoms with Crippen LogP contribution in [0.1, 0.15) is 30.3 Å². The number of aromatic nitrogens is 2. The van der Waals surface area contributed by atoms with Gasteiger partial charge in [-0.15, -0.1) is 0 Å². The van der Waals surface area contributed by atoms with Crippen LogP contribution in [0, 0.1) is 6.92 Å². The number of nitrogens with zero attached hydrogens (tertiary/aromatic N) is 2. The largest absolute Gasteiger partial charge is 0.439 e. The van der Waals surface area contributed by atoms with Gasteiger partial charge in [-0.25, -0.2) is 4.98 Å². The van der Waals surface area contributed by atoms with E-state index in [2.05, 4.69) is 15.3 Å². The van der Waals surface area contributed by atoms with Crippen molar-refractivity contribution in [3.63, 3.8) is 0 Å². The first-order valence-electron chi connectivity index (χ1n) is 6.44. The van der Waals surface area contributed by atoms with Crippen LogP contribution in [0.2, 0.25) is 0 Å². The summed E-state index contributed by atoms with van der Waals surface area (Å²) in [5.74, 6) is 2.06. The van der Waals surface area contributed by atoms with Crippen LogP contribution in [0.25, 0.3) is 11.5 Å². The molecule has 0 saturated carbocycles. The Morgan fingerprint density at radius 1 is 1.28 bits per heavy atom. The molecule has 2 aromatic rings. The van der Waals surface area contributed by atoms with Gasteiger partial charge in [-0.3, -0.25) is 4.98 Å². The van der Waals surface area contributed by atoms with Gasteiger partial charge in [-0.1, -0.05) is 6.07 Å². The van der Waals surface area contributed by atoms with Gasteiger partial charge >= 0.3 is 0 Å². The van der Waals surface area contributed by atoms with Crippen molar-refractivity contribution >= 4 is 0 Å². The average molecular weight is 243 g/mol. The predicted octanol–water partition coefficient (Wildman–Crippen LogP) is 2.51. The SMILES string of the molecule is Cc1nc(C2CCNCC2)c(-c2ccccn2)o1. The molecule has 0 atom stereocenters. The molecule has 1 aliphatic heterocycles. The van der Waals surface area contributed by atoms with Crippen LogP contribution in [0.15, 0.2) is 28.8 Å². The van der Waals surface area contributed by atoms with Crippen LogP contribution in [0.3, 0.4) is 0 Å². The quantitative estimate of drug-likeness (QED) is 0.880. The van der Waals surface area contributed by atoms with E-state index in [9.17, 15) is 0 Å². The molecule has 18 heavy (non-hydrogen) atoms. The van der Waals surface area contributed by atoms with Gasteiger partial charge in [0.25, 0.3) is 0 Å². The minimum absolute atomic E-state index is 0.487. The Balaban J connectivity index is 1.99. The first-order valence-corrected chi connectivity index (χ1v) is 6.44. The van der Waals surface area contributed by atoms with Crippen LogP contribution in [-0.2, 0) is 0 Å². The number of nitrogens with one attached hydrogen (secondary N) is 1. The molecule has 1 saturated heterocycles. The van der Waals surface area contributed by atoms with Crippen molar-refractivity contribution in [2.45, 2.75) is 25.7 Å². The Morgan fingerprint density at radius 3 is 2.83 bits per heavy atom. The maximum atomic E-state index is 5.76. The zero-order valence-corrected chi connectivity index (χ0v) is 10.5. The van der Waals surface area contributed by atoms with Gasteiger partial charge in [-0.2, -0.15) is 0 Å². The van der Waals surface area contributed by atoms with Gasteiger partial charge in [0.05, 0.1) is 5.69 Å². The maximum Gasteiger partial charge on any atom is 0.192 e. The highest BCUT2D eigenvalue weighted by Crippen LogP contribution is 2.33. The molecule has 1 fully saturated rings. The Bertz CT molecular complexity index is 515. The second kappa shape index (κ2) is 4.90. The number of aryl methyl sites for hydroxylation is 1. The zero-order valence-electron chi connectivity index (χ0n) is 10.5. The highest BCUT2D eigenvalue weighted by atomic mass is 16.4. The number of piperidine rings is 1. The summed E-state index contributed by atoms with van der Waals surface area (Å²) in [5.41, 5.74) is 1.96. The van der Waals surface area contributed by atoms with Crippen LogP contribution < -0.4 is 5.32 Å². The fourth-order valence-corrected chi connectivity index (χ4v) is 2.50. The molecule has 3 rings (SSSR count). The van der Waals surface area contributed by atoms with E-state index < -0.39 is 0 Å². The summed E-state index contributed by atoms with van der Waals surface area (Å²) in [6.45, 7) is 4.01. The molecule has 0 aromatic carbocycles. The third-order valence-corrected chi connectivity index (χ3v) is 3.38. The molecular formula is C14H17N3O. The van der Waals surface area contributed by atoms with Crippen molar-refractivity contribution < 1.29 is 4.42 Å². The van der Waals surface area contributed by atoms with Crippen LogP contribution in [0.5, 0.6) is 0 Å². The lowest BCUT2D eigenvalue weighted by Crippen LogP contribution is -2.27. The highest BCUT2D eigenvalue weighted by Gasteiger charge is 2.24. The molecule has 2 aromatic heterocycles. The fourth-order valence-electron chi connectivity index (χ4n) is 2.50. The number of rotatable bonds is 2. The first-order chi connectivity index (χ1) is 8.84. The van der Waals surface area contributed by atoms with Crippen molar-refractivity contribution in [1.29, 1.82) is 0 Å². The van der Waals surface area contributed by atoms with Gasteiger partial charge in [0.1, 0.15) is 5.69 Å². The molecule has 94 valence electrons. The monoisotopic (exact) mass is 243 g/mol. The molecular weight excluding hydrogens is 226 g/mol. The van der Waals surface area contributed by atoms with Crippen molar-refractivity contribution in [3.8, 4) is 11.5 Å². The molecule has 4 heteroatoms. The summed E-state index contributed by atoms with van der Waals surface area (Å²) in [6.07, 6.45) is 4.02. The summed E-state index contributed by atoms with van der Waals surface area (Å²) in [4.78, 5) is 8.94. The van der Waals surface area contributed by atoms with E-state index in [0.717, 1.165) is 49.0 Å². The summed E-state index contributed by atoms with van der Waals surface area (Å²) in [6, 6.07) is 5.87. The van der Waals surface area contributed by atoms with Gasteiger partial charge in [0, 0.05) is 19.0 Å². The molecule has 4 nitrogen and oxygen atoms in total. The minimum Gasteiger partial charge on any atom is -0.439 e. The molecule has 0 spiro atoms. The molecule has 0 unspecified atom stereocenters. The first kappa shape index (κ1) is 11.4. The molecule has 0 aliphatic carbocycles. The summed E-state index contributed by atoms with van der Waals surface area (Å²) in [7, 11) is 0. The molecule has 0 amide bonds. The highest BCUT2D eigenvalue weighted by molar-refractivity contribution is 5.55. The lowest BCUT2D eigenvalue weighted by molar-refractivity contribution is 0.453. The zero-order chi connectivity index (χ0) is 12.4. The second-order valence-electron chi connectivity index (χ2n) is 4.69. The maximum absolute atomic E-state index is 5.76. The summed E-state index contributed by atoms with van der Waals surface area (Å²) in [5, 5.41) is 3.38. The minimum atomic E-state index is 0.487. The van der Waals surface area contributed by atoms with Gasteiger partial charge in [0.15, 0.2) is 11.7 Å². The molecule has 1 N–H and O–H groups in total. The lowest BCUT2D eigenvalue weighted by Gasteiger charge is -2.21. The van der Waals surface area contributed by atoms with E-state index >= 15 is 0 Å². The predicted molar refractivity (Wildman–Crippen MR) is 69.3 cm³/mol. The summed E-state index contributed by atoms with van der Waals surface area (Å²) >= 11 is 0. The van der Waals surface area contributed by atoms with E-state index in [4.69, 9.17) is 4.42 Å². The van der Waals surface area contributed by atoms with Gasteiger partial charge < -0.3 is 9.73 Å². The van der Waals surface area contributed by atoms with Crippen molar-refractivity contribution in [2.75, 3.05) is 13.1 Å². The Labute approximate surface area is 106 Å². The van der Waals surface area contributed by atoms with Crippen LogP contribution >= 0.6 is 0 Å². The van der Waals surface area contributed by atoms with E-state index in [0.29, 0.717) is 5.92 Å². The number of hydrogen-bond acceptors (Lipinski definition) is 4. The van der Waals surface area contributed by atoms with Crippen LogP contribution in [0.4, 0.5) is 0 Å². The molecule has 1 aliphatic rings. The van der Waals surface area contributed by atoms with Crippen molar-refractivity contribution in [2.24, 2.45) is 0 Å². The standard InChI is InChI=1S/C14H17N3O/c1-10-17-13(11-5-8-15-9-6-11)14(18-10)12-4-2-3-7-16-12/h2-4,7,11,15H,5-6,8-9H2,1H3. The normalized spacial score (nSPS) is 16.9. The number of pyridine rings is 1. The summed E-state index contributed by atoms with van der Waals surface area (Å²) < 4.78 is 5.76. The topological polar surface area (TPSA) is 51.0 Å². The number of oxazole rings is 1. The number of hydrogen-bond donors (Lipinski definition) is 1. The van der Waals surface area contributed by atoms with Gasteiger partial charge in [-0.05, 0) is 38.1 Å². The lowest BCUT2D eigenvalue weighted by atomic mass is 9.93. The Hall–Kier alpha value is -1.68. The van der Waals surface area contributed by atoms with Gasteiger partial charge in [0.2, 0.25) is 0 Å². The Kier molecular flexibility index (Phi) is 3.11. The second-order valence-corrected chi connectivity index (χ2v) is 4.69. The van der Waals surface area contributed by atoms with E-state index in [1.165, 1.54) is 0 Å². The fraction of sp³-hybridized carbons (Fsp3) is 0.429. The van der Waals surface area contributed by atoms with Crippen molar-refractivity contribution in [3.05, 3.63) is 36.0 Å². The smallest absolute Gasteiger partial charge is 0.192 e. The van der Waals surface area contributed by atoms with E-state index in [1.807, 2.05) is 25.1 Å². The average Bonchev–Trinajstić information content (AvgIpc) is 2.83. The van der Waals surface area contributed by atoms with Crippen LogP contribution in [-0.4, -0.2) is 23.1 Å². The van der Waals surface area contributed by atoms with E-state index in [1.54, 1.807) is 6.20 Å². The van der Waals surface area contributed by atoms with E-state index in [-0.39, 0.29) is 0 Å².